The molecule has 164 valence electrons. The van der Waals surface area contributed by atoms with Crippen molar-refractivity contribution in [2.75, 3.05) is 5.32 Å². The van der Waals surface area contributed by atoms with Gasteiger partial charge in [-0.15, -0.1) is 0 Å². The first-order valence-electron chi connectivity index (χ1n) is 11.3. The van der Waals surface area contributed by atoms with Crippen LogP contribution in [0.4, 0.5) is 5.69 Å². The van der Waals surface area contributed by atoms with Gasteiger partial charge in [-0.05, 0) is 64.1 Å². The first-order chi connectivity index (χ1) is 16.2. The van der Waals surface area contributed by atoms with Crippen LogP contribution in [-0.4, -0.2) is 0 Å². The summed E-state index contributed by atoms with van der Waals surface area (Å²) in [4.78, 5) is 0. The van der Waals surface area contributed by atoms with E-state index < -0.39 is 0 Å². The smallest absolute Gasteiger partial charge is 0.119 e. The van der Waals surface area contributed by atoms with Crippen molar-refractivity contribution in [2.24, 2.45) is 5.92 Å². The van der Waals surface area contributed by atoms with Gasteiger partial charge in [-0.2, -0.15) is 0 Å². The van der Waals surface area contributed by atoms with E-state index in [1.165, 1.54) is 21.9 Å². The Morgan fingerprint density at radius 1 is 0.879 bits per heavy atom. The zero-order valence-corrected chi connectivity index (χ0v) is 19.5. The number of fused-ring (bicyclic) bond motifs is 4. The molecule has 4 aromatic carbocycles. The van der Waals surface area contributed by atoms with Crippen molar-refractivity contribution in [3.05, 3.63) is 118 Å². The molecule has 2 aliphatic rings. The fourth-order valence-electron chi connectivity index (χ4n) is 5.20. The summed E-state index contributed by atoms with van der Waals surface area (Å²) in [6.07, 6.45) is 5.63. The second-order valence-electron chi connectivity index (χ2n) is 8.84. The summed E-state index contributed by atoms with van der Waals surface area (Å²) in [6, 6.07) is 27.5. The highest BCUT2D eigenvalue weighted by atomic mass is 35.5. The van der Waals surface area contributed by atoms with E-state index in [4.69, 9.17) is 27.9 Å². The van der Waals surface area contributed by atoms with Crippen LogP contribution in [0.5, 0.6) is 5.75 Å². The number of nitrogens with one attached hydrogen (secondary N) is 1. The fraction of sp³-hybridized carbons (Fsp3) is 0.172. The van der Waals surface area contributed by atoms with E-state index in [2.05, 4.69) is 90.3 Å². The van der Waals surface area contributed by atoms with Gasteiger partial charge in [0.2, 0.25) is 0 Å². The van der Waals surface area contributed by atoms with Gasteiger partial charge in [0.05, 0.1) is 21.8 Å². The average Bonchev–Trinajstić information content (AvgIpc) is 3.35. The topological polar surface area (TPSA) is 21.3 Å². The minimum atomic E-state index is 0.169. The molecule has 0 aromatic heterocycles. The van der Waals surface area contributed by atoms with Crippen molar-refractivity contribution in [3.8, 4) is 5.75 Å². The summed E-state index contributed by atoms with van der Waals surface area (Å²) >= 11 is 12.9. The van der Waals surface area contributed by atoms with Crippen LogP contribution in [0, 0.1) is 5.92 Å². The van der Waals surface area contributed by atoms with Crippen molar-refractivity contribution >= 4 is 39.7 Å². The van der Waals surface area contributed by atoms with Gasteiger partial charge in [-0.3, -0.25) is 0 Å². The van der Waals surface area contributed by atoms with E-state index in [0.29, 0.717) is 28.5 Å². The Hall–Kier alpha value is -2.94. The molecule has 0 spiro atoms. The van der Waals surface area contributed by atoms with Crippen LogP contribution in [0.2, 0.25) is 10.0 Å². The molecule has 3 atom stereocenters. The van der Waals surface area contributed by atoms with Crippen molar-refractivity contribution in [1.29, 1.82) is 0 Å². The van der Waals surface area contributed by atoms with Gasteiger partial charge < -0.3 is 10.1 Å². The normalized spacial score (nSPS) is 20.8. The molecule has 0 fully saturated rings. The molecule has 33 heavy (non-hydrogen) atoms. The highest BCUT2D eigenvalue weighted by molar-refractivity contribution is 6.43. The third kappa shape index (κ3) is 3.78. The lowest BCUT2D eigenvalue weighted by Gasteiger charge is -2.38. The van der Waals surface area contributed by atoms with E-state index in [9.17, 15) is 0 Å². The second kappa shape index (κ2) is 8.44. The predicted octanol–water partition coefficient (Wildman–Crippen LogP) is 8.55. The molecular weight excluding hydrogens is 449 g/mol. The predicted molar refractivity (Wildman–Crippen MR) is 138 cm³/mol. The standard InChI is InChI=1S/C29H23Cl2NO/c30-26-15-14-25-23-6-3-7-24(23)28(32-29(25)27(26)31)20-10-12-22(13-11-20)33-17-18-8-9-19-4-1-2-5-21(19)16-18/h1-6,8-16,23-24,28,32H,7,17H2/t23-,24+,28+/m1/s1. The number of halogens is 2. The Morgan fingerprint density at radius 3 is 2.55 bits per heavy atom. The number of hydrogen-bond donors (Lipinski definition) is 1. The van der Waals surface area contributed by atoms with Crippen molar-refractivity contribution in [3.63, 3.8) is 0 Å². The second-order valence-corrected chi connectivity index (χ2v) is 9.63. The summed E-state index contributed by atoms with van der Waals surface area (Å²) in [5, 5.41) is 7.35. The molecule has 4 heteroatoms. The van der Waals surface area contributed by atoms with Gasteiger partial charge in [-0.1, -0.05) is 90.0 Å². The summed E-state index contributed by atoms with van der Waals surface area (Å²) in [6.45, 7) is 0.544. The molecule has 2 nitrogen and oxygen atoms in total. The van der Waals surface area contributed by atoms with Gasteiger partial charge >= 0.3 is 0 Å². The monoisotopic (exact) mass is 471 g/mol. The molecule has 0 bridgehead atoms. The zero-order chi connectivity index (χ0) is 22.4. The maximum Gasteiger partial charge on any atom is 0.119 e. The fourth-order valence-corrected chi connectivity index (χ4v) is 5.58. The maximum atomic E-state index is 6.58. The van der Waals surface area contributed by atoms with Crippen LogP contribution in [0.1, 0.15) is 35.1 Å². The van der Waals surface area contributed by atoms with E-state index in [0.717, 1.165) is 23.4 Å². The van der Waals surface area contributed by atoms with Crippen LogP contribution >= 0.6 is 23.2 Å². The number of allylic oxidation sites excluding steroid dienone is 2. The van der Waals surface area contributed by atoms with E-state index in [1.54, 1.807) is 0 Å². The highest BCUT2D eigenvalue weighted by Gasteiger charge is 2.38. The molecule has 1 heterocycles. The number of anilines is 1. The van der Waals surface area contributed by atoms with Crippen molar-refractivity contribution < 1.29 is 4.74 Å². The van der Waals surface area contributed by atoms with E-state index >= 15 is 0 Å². The van der Waals surface area contributed by atoms with Crippen molar-refractivity contribution in [2.45, 2.75) is 25.0 Å². The van der Waals surface area contributed by atoms with Crippen LogP contribution < -0.4 is 10.1 Å². The molecule has 0 unspecified atom stereocenters. The highest BCUT2D eigenvalue weighted by Crippen LogP contribution is 2.52. The van der Waals surface area contributed by atoms with Crippen LogP contribution in [0.3, 0.4) is 0 Å². The van der Waals surface area contributed by atoms with E-state index in [1.807, 2.05) is 6.07 Å². The largest absolute Gasteiger partial charge is 0.489 e. The Bertz CT molecular complexity index is 1360. The molecule has 0 amide bonds. The Balaban J connectivity index is 1.21. The Morgan fingerprint density at radius 2 is 1.70 bits per heavy atom. The zero-order valence-electron chi connectivity index (χ0n) is 18.0. The molecule has 0 saturated carbocycles. The molecule has 1 N–H and O–H groups in total. The molecule has 0 radical (unpaired) electrons. The molecule has 6 rings (SSSR count). The third-order valence-electron chi connectivity index (χ3n) is 6.89. The molecule has 1 aliphatic heterocycles. The van der Waals surface area contributed by atoms with Gasteiger partial charge in [0.1, 0.15) is 12.4 Å². The minimum absolute atomic E-state index is 0.169. The van der Waals surface area contributed by atoms with Crippen LogP contribution in [-0.2, 0) is 6.61 Å². The summed E-state index contributed by atoms with van der Waals surface area (Å²) in [5.74, 6) is 1.68. The Labute approximate surface area is 203 Å². The molecule has 0 saturated heterocycles. The lowest BCUT2D eigenvalue weighted by Crippen LogP contribution is -2.29. The van der Waals surface area contributed by atoms with Crippen LogP contribution in [0.25, 0.3) is 10.8 Å². The number of hydrogen-bond acceptors (Lipinski definition) is 2. The van der Waals surface area contributed by atoms with Gasteiger partial charge in [0.15, 0.2) is 0 Å². The van der Waals surface area contributed by atoms with Crippen LogP contribution in [0.15, 0.2) is 91.0 Å². The summed E-state index contributed by atoms with van der Waals surface area (Å²) in [5.41, 5.74) is 4.58. The molecule has 1 aliphatic carbocycles. The van der Waals surface area contributed by atoms with Crippen molar-refractivity contribution in [1.82, 2.24) is 0 Å². The number of benzene rings is 4. The summed E-state index contributed by atoms with van der Waals surface area (Å²) in [7, 11) is 0. The minimum Gasteiger partial charge on any atom is -0.489 e. The average molecular weight is 472 g/mol. The lowest BCUT2D eigenvalue weighted by atomic mass is 9.77. The van der Waals surface area contributed by atoms with Gasteiger partial charge in [0.25, 0.3) is 0 Å². The van der Waals surface area contributed by atoms with Gasteiger partial charge in [0, 0.05) is 5.92 Å². The van der Waals surface area contributed by atoms with Gasteiger partial charge in [-0.25, -0.2) is 0 Å². The third-order valence-corrected chi connectivity index (χ3v) is 7.69. The number of ether oxygens (including phenoxy) is 1. The molecule has 4 aromatic rings. The Kier molecular flexibility index (Phi) is 5.28. The maximum absolute atomic E-state index is 6.58. The lowest BCUT2D eigenvalue weighted by molar-refractivity contribution is 0.306. The van der Waals surface area contributed by atoms with E-state index in [-0.39, 0.29) is 6.04 Å². The molecular formula is C29H23Cl2NO. The number of rotatable bonds is 4. The quantitative estimate of drug-likeness (QED) is 0.301. The first kappa shape index (κ1) is 20.7. The SMILES string of the molecule is Clc1ccc2c(c1Cl)N[C@@H](c1ccc(OCc3ccc4ccccc4c3)cc1)[C@H]1CC=C[C@@H]21. The summed E-state index contributed by atoms with van der Waals surface area (Å²) < 4.78 is 6.09. The first-order valence-corrected chi connectivity index (χ1v) is 12.0.